The number of ether oxygens (including phenoxy) is 4. The fraction of sp³-hybridized carbons (Fsp3) is 0.489. The van der Waals surface area contributed by atoms with E-state index in [2.05, 4.69) is 15.4 Å². The number of hydrogen-bond acceptors (Lipinski definition) is 11. The van der Waals surface area contributed by atoms with Gasteiger partial charge in [-0.3, -0.25) is 9.59 Å². The molecule has 2 aliphatic rings. The van der Waals surface area contributed by atoms with Gasteiger partial charge < -0.3 is 50.0 Å². The van der Waals surface area contributed by atoms with Crippen LogP contribution in [0.5, 0.6) is 0 Å². The molecule has 6 N–H and O–H groups in total. The van der Waals surface area contributed by atoms with Gasteiger partial charge in [-0.05, 0) is 25.0 Å². The summed E-state index contributed by atoms with van der Waals surface area (Å²) >= 11 is 0. The van der Waals surface area contributed by atoms with E-state index in [1.165, 1.54) is 13.2 Å². The number of esters is 1. The van der Waals surface area contributed by atoms with Crippen molar-refractivity contribution in [3.63, 3.8) is 0 Å². The first-order valence-corrected chi connectivity index (χ1v) is 19.5. The van der Waals surface area contributed by atoms with Gasteiger partial charge in [-0.2, -0.15) is 0 Å². The number of methoxy groups -OCH3 is 2. The number of aliphatic hydroxyl groups is 4. The summed E-state index contributed by atoms with van der Waals surface area (Å²) in [6.45, 7) is 8.73. The minimum Gasteiger partial charge on any atom is -0.466 e. The second-order valence-electron chi connectivity index (χ2n) is 15.1. The van der Waals surface area contributed by atoms with E-state index < -0.39 is 65.4 Å². The van der Waals surface area contributed by atoms with Gasteiger partial charge in [0.2, 0.25) is 17.6 Å². The minimum absolute atomic E-state index is 0.0218. The van der Waals surface area contributed by atoms with Crippen LogP contribution in [0.15, 0.2) is 115 Å². The number of allylic oxidation sites excluding steroid dienone is 9. The molecule has 2 saturated heterocycles. The van der Waals surface area contributed by atoms with Crippen molar-refractivity contribution < 1.29 is 53.8 Å². The maximum Gasteiger partial charge on any atom is 0.330 e. The number of hydrogen-bond donors (Lipinski definition) is 6. The third kappa shape index (κ3) is 13.3. The quantitative estimate of drug-likeness (QED) is 0.0681. The lowest BCUT2D eigenvalue weighted by molar-refractivity contribution is -0.358. The molecule has 0 radical (unpaired) electrons. The number of amides is 2. The normalized spacial score (nSPS) is 28.2. The van der Waals surface area contributed by atoms with Gasteiger partial charge in [0.05, 0.1) is 44.1 Å². The van der Waals surface area contributed by atoms with Crippen molar-refractivity contribution in [3.8, 4) is 0 Å². The lowest BCUT2D eigenvalue weighted by Gasteiger charge is -2.53. The summed E-state index contributed by atoms with van der Waals surface area (Å²) < 4.78 is 22.6. The van der Waals surface area contributed by atoms with Crippen LogP contribution in [0.1, 0.15) is 46.6 Å². The first kappa shape index (κ1) is 47.9. The van der Waals surface area contributed by atoms with Crippen LogP contribution in [-0.4, -0.2) is 114 Å². The number of benzene rings is 1. The molecule has 3 rings (SSSR count). The molecular weight excluding hydrogens is 744 g/mol. The topological polar surface area (TPSA) is 193 Å². The van der Waals surface area contributed by atoms with Crippen LogP contribution >= 0.6 is 0 Å². The summed E-state index contributed by atoms with van der Waals surface area (Å²) in [5, 5.41) is 50.6. The molecule has 13 heteroatoms. The van der Waals surface area contributed by atoms with Gasteiger partial charge in [-0.15, -0.1) is 0 Å². The van der Waals surface area contributed by atoms with Crippen molar-refractivity contribution in [2.24, 2.45) is 17.3 Å². The van der Waals surface area contributed by atoms with E-state index in [4.69, 9.17) is 14.2 Å². The molecular formula is C45H62N2O11. The highest BCUT2D eigenvalue weighted by Gasteiger charge is 2.60. The van der Waals surface area contributed by atoms with Crippen molar-refractivity contribution >= 4 is 17.8 Å². The average Bonchev–Trinajstić information content (AvgIpc) is 3.57. The molecule has 0 aromatic heterocycles. The summed E-state index contributed by atoms with van der Waals surface area (Å²) in [7, 11) is 2.90. The molecule has 0 aliphatic carbocycles. The third-order valence-corrected chi connectivity index (χ3v) is 10.6. The zero-order valence-electron chi connectivity index (χ0n) is 34.6. The third-order valence-electron chi connectivity index (χ3n) is 10.6. The van der Waals surface area contributed by atoms with E-state index in [0.29, 0.717) is 6.42 Å². The molecule has 10 atom stereocenters. The number of carbonyl (C=O) groups excluding carboxylic acids is 3. The van der Waals surface area contributed by atoms with E-state index in [-0.39, 0.29) is 37.6 Å². The Bertz CT molecular complexity index is 1700. The van der Waals surface area contributed by atoms with Crippen LogP contribution in [-0.2, 0) is 39.8 Å². The molecule has 0 bridgehead atoms. The maximum atomic E-state index is 13.8. The van der Waals surface area contributed by atoms with Crippen LogP contribution in [0.3, 0.4) is 0 Å². The Kier molecular flexibility index (Phi) is 19.2. The van der Waals surface area contributed by atoms with E-state index in [0.717, 1.165) is 11.1 Å². The lowest BCUT2D eigenvalue weighted by Crippen LogP contribution is -2.70. The SMILES string of the molecule is C/C=C\C=C\[C@@H]1O[C@](O)(C(CNC(=O)Cc2ccccc2)C(=O)NC/C=C/C=C(\C)C(OC)C(C)C2CC(O)C(/C=C/C=C/C=C/C(=O)OC)O2)[C@H](O)[C@H](O)C1(C)C. The second kappa shape index (κ2) is 23.2. The average molecular weight is 807 g/mol. The Balaban J connectivity index is 1.70. The number of carbonyl (C=O) groups is 3. The summed E-state index contributed by atoms with van der Waals surface area (Å²) in [4.78, 5) is 38.0. The van der Waals surface area contributed by atoms with Crippen LogP contribution < -0.4 is 10.6 Å². The Morgan fingerprint density at radius 2 is 1.64 bits per heavy atom. The highest BCUT2D eigenvalue weighted by molar-refractivity contribution is 5.83. The van der Waals surface area contributed by atoms with Gasteiger partial charge in [0, 0.05) is 44.0 Å². The molecule has 2 amide bonds. The van der Waals surface area contributed by atoms with E-state index in [1.807, 2.05) is 32.9 Å². The fourth-order valence-corrected chi connectivity index (χ4v) is 6.98. The molecule has 2 aliphatic heterocycles. The fourth-order valence-electron chi connectivity index (χ4n) is 6.98. The molecule has 6 unspecified atom stereocenters. The molecule has 1 aromatic carbocycles. The molecule has 2 heterocycles. The Labute approximate surface area is 342 Å². The molecule has 2 fully saturated rings. The predicted octanol–water partition coefficient (Wildman–Crippen LogP) is 3.56. The lowest BCUT2D eigenvalue weighted by atomic mass is 9.71. The number of aliphatic hydroxyl groups excluding tert-OH is 3. The van der Waals surface area contributed by atoms with E-state index in [9.17, 15) is 34.8 Å². The molecule has 0 spiro atoms. The van der Waals surface area contributed by atoms with Crippen molar-refractivity contribution in [2.75, 3.05) is 27.3 Å². The highest BCUT2D eigenvalue weighted by atomic mass is 16.7. The Hall–Kier alpha value is -4.47. The van der Waals surface area contributed by atoms with Crippen LogP contribution in [0.4, 0.5) is 0 Å². The van der Waals surface area contributed by atoms with Crippen LogP contribution in [0, 0.1) is 17.3 Å². The first-order chi connectivity index (χ1) is 27.6. The highest BCUT2D eigenvalue weighted by Crippen LogP contribution is 2.44. The van der Waals surface area contributed by atoms with Gasteiger partial charge >= 0.3 is 5.97 Å². The van der Waals surface area contributed by atoms with Gasteiger partial charge in [0.25, 0.3) is 0 Å². The van der Waals surface area contributed by atoms with E-state index in [1.54, 1.807) is 112 Å². The van der Waals surface area contributed by atoms with Crippen LogP contribution in [0.2, 0.25) is 0 Å². The van der Waals surface area contributed by atoms with Gasteiger partial charge in [-0.25, -0.2) is 4.79 Å². The van der Waals surface area contributed by atoms with Crippen molar-refractivity contribution in [1.82, 2.24) is 10.6 Å². The van der Waals surface area contributed by atoms with Crippen molar-refractivity contribution in [1.29, 1.82) is 0 Å². The molecule has 0 saturated carbocycles. The summed E-state index contributed by atoms with van der Waals surface area (Å²) in [5.41, 5.74) is 0.578. The molecule has 1 aromatic rings. The smallest absolute Gasteiger partial charge is 0.330 e. The maximum absolute atomic E-state index is 13.8. The van der Waals surface area contributed by atoms with Gasteiger partial charge in [0.15, 0.2) is 0 Å². The first-order valence-electron chi connectivity index (χ1n) is 19.5. The Morgan fingerprint density at radius 3 is 2.31 bits per heavy atom. The predicted molar refractivity (Wildman–Crippen MR) is 221 cm³/mol. The monoisotopic (exact) mass is 806 g/mol. The zero-order chi connectivity index (χ0) is 42.9. The van der Waals surface area contributed by atoms with Crippen molar-refractivity contribution in [2.45, 2.75) is 96.0 Å². The molecule has 58 heavy (non-hydrogen) atoms. The van der Waals surface area contributed by atoms with Crippen LogP contribution in [0.25, 0.3) is 0 Å². The van der Waals surface area contributed by atoms with Gasteiger partial charge in [0.1, 0.15) is 18.1 Å². The number of rotatable bonds is 19. The standard InChI is InChI=1S/C45H62N2O11/c1-8-9-13-24-37-44(4,5)41(51)42(52)45(54,58-37)33(29-47-38(49)27-32-21-14-12-15-22-32)43(53)46-26-19-18-20-30(2)40(56-7)31(3)36-28-34(48)35(57-36)23-16-10-11-17-25-39(50)55-6/h8-25,31,33-37,40-42,48,51-52,54H,26-29H2,1-7H3,(H,46,53)(H,47,49)/b9-8-,11-10+,19-18+,23-16+,24-13+,25-17+,30-20+/t31?,33?,34?,35?,36?,37-,40?,41-,42+,45+/m0/s1. The van der Waals surface area contributed by atoms with Crippen molar-refractivity contribution in [3.05, 3.63) is 120 Å². The number of nitrogens with one attached hydrogen (secondary N) is 2. The molecule has 13 nitrogen and oxygen atoms in total. The zero-order valence-corrected chi connectivity index (χ0v) is 34.6. The van der Waals surface area contributed by atoms with Gasteiger partial charge in [-0.1, -0.05) is 124 Å². The summed E-state index contributed by atoms with van der Waals surface area (Å²) in [5.74, 6) is -5.80. The second-order valence-corrected chi connectivity index (χ2v) is 15.1. The van der Waals surface area contributed by atoms with E-state index >= 15 is 0 Å². The summed E-state index contributed by atoms with van der Waals surface area (Å²) in [6.07, 6.45) is 16.2. The minimum atomic E-state index is -2.57. The largest absolute Gasteiger partial charge is 0.466 e. The Morgan fingerprint density at radius 1 is 0.948 bits per heavy atom. The molecule has 318 valence electrons. The summed E-state index contributed by atoms with van der Waals surface area (Å²) in [6, 6.07) is 9.03.